The standard InChI is InChI=1S/C13H16O2/c1-10(2)12(9-13(14)15)8-11-6-4-3-5-7-11/h3-7,12H,1,8-9H2,2H3,(H,14,15). The van der Waals surface area contributed by atoms with Crippen molar-refractivity contribution in [3.05, 3.63) is 48.0 Å². The predicted octanol–water partition coefficient (Wildman–Crippen LogP) is 2.90. The fraction of sp³-hybridized carbons (Fsp3) is 0.308. The lowest BCUT2D eigenvalue weighted by molar-refractivity contribution is -0.137. The number of benzene rings is 1. The fourth-order valence-electron chi connectivity index (χ4n) is 1.53. The molecule has 0 heterocycles. The van der Waals surface area contributed by atoms with Crippen LogP contribution in [0.25, 0.3) is 0 Å². The van der Waals surface area contributed by atoms with Crippen molar-refractivity contribution in [1.82, 2.24) is 0 Å². The van der Waals surface area contributed by atoms with E-state index in [-0.39, 0.29) is 12.3 Å². The average Bonchev–Trinajstić information content (AvgIpc) is 2.17. The van der Waals surface area contributed by atoms with Gasteiger partial charge < -0.3 is 5.11 Å². The minimum atomic E-state index is -0.765. The zero-order valence-corrected chi connectivity index (χ0v) is 8.94. The molecule has 1 aromatic rings. The number of allylic oxidation sites excluding steroid dienone is 1. The first kappa shape index (κ1) is 11.5. The lowest BCUT2D eigenvalue weighted by Crippen LogP contribution is -2.11. The van der Waals surface area contributed by atoms with Gasteiger partial charge in [-0.3, -0.25) is 4.79 Å². The van der Waals surface area contributed by atoms with E-state index in [1.54, 1.807) is 0 Å². The van der Waals surface area contributed by atoms with Crippen LogP contribution in [0, 0.1) is 5.92 Å². The highest BCUT2D eigenvalue weighted by Gasteiger charge is 2.14. The SMILES string of the molecule is C=C(C)C(CC(=O)O)Cc1ccccc1. The second-order valence-electron chi connectivity index (χ2n) is 3.83. The molecule has 2 nitrogen and oxygen atoms in total. The molecule has 0 radical (unpaired) electrons. The maximum absolute atomic E-state index is 10.7. The van der Waals surface area contributed by atoms with E-state index >= 15 is 0 Å². The molecular formula is C13H16O2. The van der Waals surface area contributed by atoms with Crippen LogP contribution in [0.15, 0.2) is 42.5 Å². The zero-order valence-electron chi connectivity index (χ0n) is 8.94. The van der Waals surface area contributed by atoms with Crippen molar-refractivity contribution in [3.8, 4) is 0 Å². The molecule has 0 fully saturated rings. The lowest BCUT2D eigenvalue weighted by atomic mass is 9.91. The number of rotatable bonds is 5. The maximum atomic E-state index is 10.7. The summed E-state index contributed by atoms with van der Waals surface area (Å²) in [7, 11) is 0. The Bertz CT molecular complexity index is 341. The third-order valence-electron chi connectivity index (χ3n) is 2.44. The number of carboxylic acid groups (broad SMARTS) is 1. The molecule has 0 bridgehead atoms. The van der Waals surface area contributed by atoms with Crippen LogP contribution in [-0.4, -0.2) is 11.1 Å². The van der Waals surface area contributed by atoms with Crippen molar-refractivity contribution in [1.29, 1.82) is 0 Å². The highest BCUT2D eigenvalue weighted by Crippen LogP contribution is 2.19. The van der Waals surface area contributed by atoms with Gasteiger partial charge >= 0.3 is 5.97 Å². The van der Waals surface area contributed by atoms with Gasteiger partial charge in [-0.05, 0) is 24.8 Å². The summed E-state index contributed by atoms with van der Waals surface area (Å²) in [5.74, 6) is -0.733. The molecule has 0 saturated heterocycles. The third kappa shape index (κ3) is 3.98. The Morgan fingerprint density at radius 3 is 2.47 bits per heavy atom. The monoisotopic (exact) mass is 204 g/mol. The summed E-state index contributed by atoms with van der Waals surface area (Å²) in [5.41, 5.74) is 2.09. The number of carboxylic acids is 1. The van der Waals surface area contributed by atoms with Crippen LogP contribution < -0.4 is 0 Å². The molecular weight excluding hydrogens is 188 g/mol. The Morgan fingerprint density at radius 1 is 1.40 bits per heavy atom. The van der Waals surface area contributed by atoms with E-state index in [0.717, 1.165) is 17.6 Å². The minimum Gasteiger partial charge on any atom is -0.481 e. The van der Waals surface area contributed by atoms with E-state index < -0.39 is 5.97 Å². The Morgan fingerprint density at radius 2 is 2.00 bits per heavy atom. The van der Waals surface area contributed by atoms with Crippen molar-refractivity contribution in [2.75, 3.05) is 0 Å². The van der Waals surface area contributed by atoms with Gasteiger partial charge in [0.15, 0.2) is 0 Å². The molecule has 80 valence electrons. The largest absolute Gasteiger partial charge is 0.481 e. The van der Waals surface area contributed by atoms with Crippen LogP contribution in [0.1, 0.15) is 18.9 Å². The van der Waals surface area contributed by atoms with Gasteiger partial charge in [0.1, 0.15) is 0 Å². The van der Waals surface area contributed by atoms with E-state index in [0.29, 0.717) is 0 Å². The average molecular weight is 204 g/mol. The van der Waals surface area contributed by atoms with Crippen LogP contribution in [0.3, 0.4) is 0 Å². The molecule has 0 saturated carbocycles. The molecule has 1 rings (SSSR count). The van der Waals surface area contributed by atoms with Crippen LogP contribution in [0.2, 0.25) is 0 Å². The van der Waals surface area contributed by atoms with Crippen molar-refractivity contribution in [2.24, 2.45) is 5.92 Å². The molecule has 1 unspecified atom stereocenters. The Hall–Kier alpha value is -1.57. The number of hydrogen-bond acceptors (Lipinski definition) is 1. The highest BCUT2D eigenvalue weighted by atomic mass is 16.4. The molecule has 1 N–H and O–H groups in total. The van der Waals surface area contributed by atoms with Gasteiger partial charge in [-0.15, -0.1) is 0 Å². The topological polar surface area (TPSA) is 37.3 Å². The summed E-state index contributed by atoms with van der Waals surface area (Å²) >= 11 is 0. The smallest absolute Gasteiger partial charge is 0.303 e. The number of carbonyl (C=O) groups is 1. The Balaban J connectivity index is 2.67. The lowest BCUT2D eigenvalue weighted by Gasteiger charge is -2.14. The first-order valence-corrected chi connectivity index (χ1v) is 5.00. The van der Waals surface area contributed by atoms with Crippen molar-refractivity contribution in [2.45, 2.75) is 19.8 Å². The molecule has 0 spiro atoms. The van der Waals surface area contributed by atoms with Crippen LogP contribution in [0.4, 0.5) is 0 Å². The number of hydrogen-bond donors (Lipinski definition) is 1. The Labute approximate surface area is 90.3 Å². The van der Waals surface area contributed by atoms with Crippen LogP contribution >= 0.6 is 0 Å². The molecule has 0 aromatic heterocycles. The summed E-state index contributed by atoms with van der Waals surface area (Å²) in [4.78, 5) is 10.7. The summed E-state index contributed by atoms with van der Waals surface area (Å²) in [6.45, 7) is 5.73. The molecule has 0 aliphatic carbocycles. The molecule has 0 aliphatic rings. The van der Waals surface area contributed by atoms with E-state index in [4.69, 9.17) is 5.11 Å². The molecule has 2 heteroatoms. The molecule has 1 atom stereocenters. The maximum Gasteiger partial charge on any atom is 0.303 e. The van der Waals surface area contributed by atoms with Crippen LogP contribution in [0.5, 0.6) is 0 Å². The van der Waals surface area contributed by atoms with E-state index in [9.17, 15) is 4.79 Å². The second kappa shape index (κ2) is 5.35. The first-order valence-electron chi connectivity index (χ1n) is 5.00. The predicted molar refractivity (Wildman–Crippen MR) is 60.7 cm³/mol. The minimum absolute atomic E-state index is 0.0323. The van der Waals surface area contributed by atoms with Gasteiger partial charge in [-0.2, -0.15) is 0 Å². The molecule has 15 heavy (non-hydrogen) atoms. The second-order valence-corrected chi connectivity index (χ2v) is 3.83. The van der Waals surface area contributed by atoms with Gasteiger partial charge in [0.05, 0.1) is 6.42 Å². The van der Waals surface area contributed by atoms with Crippen LogP contribution in [-0.2, 0) is 11.2 Å². The highest BCUT2D eigenvalue weighted by molar-refractivity contribution is 5.67. The van der Waals surface area contributed by atoms with E-state index in [1.165, 1.54) is 0 Å². The van der Waals surface area contributed by atoms with E-state index in [2.05, 4.69) is 6.58 Å². The van der Waals surface area contributed by atoms with Crippen molar-refractivity contribution < 1.29 is 9.90 Å². The third-order valence-corrected chi connectivity index (χ3v) is 2.44. The van der Waals surface area contributed by atoms with Gasteiger partial charge in [0, 0.05) is 0 Å². The zero-order chi connectivity index (χ0) is 11.3. The Kier molecular flexibility index (Phi) is 4.10. The first-order chi connectivity index (χ1) is 7.09. The number of aliphatic carboxylic acids is 1. The van der Waals surface area contributed by atoms with Crippen molar-refractivity contribution in [3.63, 3.8) is 0 Å². The fourth-order valence-corrected chi connectivity index (χ4v) is 1.53. The summed E-state index contributed by atoms with van der Waals surface area (Å²) < 4.78 is 0. The van der Waals surface area contributed by atoms with E-state index in [1.807, 2.05) is 37.3 Å². The van der Waals surface area contributed by atoms with Gasteiger partial charge in [-0.1, -0.05) is 42.5 Å². The summed E-state index contributed by atoms with van der Waals surface area (Å²) in [5, 5.41) is 8.77. The van der Waals surface area contributed by atoms with Crippen molar-refractivity contribution >= 4 is 5.97 Å². The summed E-state index contributed by atoms with van der Waals surface area (Å²) in [6, 6.07) is 9.91. The normalized spacial score (nSPS) is 12.1. The molecule has 1 aromatic carbocycles. The molecule has 0 amide bonds. The quantitative estimate of drug-likeness (QED) is 0.749. The van der Waals surface area contributed by atoms with Gasteiger partial charge in [0.25, 0.3) is 0 Å². The van der Waals surface area contributed by atoms with Gasteiger partial charge in [-0.25, -0.2) is 0 Å². The molecule has 0 aliphatic heterocycles. The summed E-state index contributed by atoms with van der Waals surface area (Å²) in [6.07, 6.45) is 0.909. The van der Waals surface area contributed by atoms with Gasteiger partial charge in [0.2, 0.25) is 0 Å².